The topological polar surface area (TPSA) is 63.1 Å². The molecule has 1 heterocycles. The summed E-state index contributed by atoms with van der Waals surface area (Å²) >= 11 is 7.43. The largest absolute Gasteiger partial charge is 0.353 e. The summed E-state index contributed by atoms with van der Waals surface area (Å²) in [6, 6.07) is 17.9. The molecular weight excluding hydrogens is 418 g/mol. The standard InChI is InChI=1S/C22H26ClN5OS/c1-3-27(4-2)20(17-9-6-5-7-10-17)14-24-21(29)15-30-22-26-25-16-28(22)19-12-8-11-18(23)13-19/h5-13,16,20H,3-4,14-15H2,1-2H3,(H,24,29). The zero-order valence-electron chi connectivity index (χ0n) is 17.2. The molecule has 2 aromatic carbocycles. The molecule has 0 saturated carbocycles. The molecule has 8 heteroatoms. The van der Waals surface area contributed by atoms with Crippen molar-refractivity contribution in [1.82, 2.24) is 25.0 Å². The fraction of sp³-hybridized carbons (Fsp3) is 0.318. The van der Waals surface area contributed by atoms with Gasteiger partial charge in [0.25, 0.3) is 0 Å². The molecule has 30 heavy (non-hydrogen) atoms. The smallest absolute Gasteiger partial charge is 0.230 e. The Hall–Kier alpha value is -2.35. The normalized spacial score (nSPS) is 12.1. The van der Waals surface area contributed by atoms with Crippen LogP contribution in [0.15, 0.2) is 66.1 Å². The number of carbonyl (C=O) groups excluding carboxylic acids is 1. The minimum Gasteiger partial charge on any atom is -0.353 e. The number of nitrogens with one attached hydrogen (secondary N) is 1. The molecule has 0 aliphatic rings. The van der Waals surface area contributed by atoms with Crippen LogP contribution in [-0.2, 0) is 4.79 Å². The summed E-state index contributed by atoms with van der Waals surface area (Å²) in [6.07, 6.45) is 1.62. The molecule has 3 aromatic rings. The van der Waals surface area contributed by atoms with E-state index in [0.717, 1.165) is 18.8 Å². The van der Waals surface area contributed by atoms with Crippen molar-refractivity contribution in [3.05, 3.63) is 71.5 Å². The third-order valence-corrected chi connectivity index (χ3v) is 6.04. The number of hydrogen-bond acceptors (Lipinski definition) is 5. The lowest BCUT2D eigenvalue weighted by Crippen LogP contribution is -2.38. The maximum atomic E-state index is 12.5. The maximum absolute atomic E-state index is 12.5. The van der Waals surface area contributed by atoms with Gasteiger partial charge in [-0.05, 0) is 36.9 Å². The van der Waals surface area contributed by atoms with E-state index in [9.17, 15) is 4.79 Å². The fourth-order valence-electron chi connectivity index (χ4n) is 3.31. The van der Waals surface area contributed by atoms with Crippen LogP contribution in [0.5, 0.6) is 0 Å². The third kappa shape index (κ3) is 5.84. The summed E-state index contributed by atoms with van der Waals surface area (Å²) in [5.41, 5.74) is 2.07. The Kier molecular flexibility index (Phi) is 8.30. The first kappa shape index (κ1) is 22.3. The van der Waals surface area contributed by atoms with E-state index < -0.39 is 0 Å². The molecule has 0 bridgehead atoms. The summed E-state index contributed by atoms with van der Waals surface area (Å²) in [6.45, 7) is 6.68. The second-order valence-electron chi connectivity index (χ2n) is 6.70. The van der Waals surface area contributed by atoms with Gasteiger partial charge in [0.05, 0.1) is 17.5 Å². The third-order valence-electron chi connectivity index (χ3n) is 4.87. The van der Waals surface area contributed by atoms with Crippen LogP contribution in [0.1, 0.15) is 25.5 Å². The van der Waals surface area contributed by atoms with Gasteiger partial charge >= 0.3 is 0 Å². The Balaban J connectivity index is 1.60. The molecule has 1 N–H and O–H groups in total. The van der Waals surface area contributed by atoms with Gasteiger partial charge in [-0.25, -0.2) is 0 Å². The highest BCUT2D eigenvalue weighted by molar-refractivity contribution is 7.99. The number of nitrogens with zero attached hydrogens (tertiary/aromatic N) is 4. The van der Waals surface area contributed by atoms with Crippen molar-refractivity contribution in [3.63, 3.8) is 0 Å². The Morgan fingerprint density at radius 3 is 2.63 bits per heavy atom. The highest BCUT2D eigenvalue weighted by atomic mass is 35.5. The molecule has 6 nitrogen and oxygen atoms in total. The quantitative estimate of drug-likeness (QED) is 0.475. The first-order valence-corrected chi connectivity index (χ1v) is 11.3. The van der Waals surface area contributed by atoms with Gasteiger partial charge in [0.15, 0.2) is 5.16 Å². The number of halogens is 1. The van der Waals surface area contributed by atoms with Crippen LogP contribution in [-0.4, -0.2) is 51.0 Å². The number of thioether (sulfide) groups is 1. The summed E-state index contributed by atoms with van der Waals surface area (Å²) in [7, 11) is 0. The summed E-state index contributed by atoms with van der Waals surface area (Å²) in [5.74, 6) is 0.229. The van der Waals surface area contributed by atoms with Crippen LogP contribution in [0, 0.1) is 0 Å². The van der Waals surface area contributed by atoms with Gasteiger partial charge in [-0.3, -0.25) is 14.3 Å². The van der Waals surface area contributed by atoms with E-state index in [2.05, 4.69) is 46.4 Å². The predicted molar refractivity (Wildman–Crippen MR) is 122 cm³/mol. The molecule has 0 fully saturated rings. The molecule has 3 rings (SSSR count). The minimum atomic E-state index is -0.0336. The monoisotopic (exact) mass is 443 g/mol. The number of aromatic nitrogens is 3. The summed E-state index contributed by atoms with van der Waals surface area (Å²) in [4.78, 5) is 14.9. The van der Waals surface area contributed by atoms with Gasteiger partial charge in [-0.15, -0.1) is 10.2 Å². The molecule has 0 radical (unpaired) electrons. The van der Waals surface area contributed by atoms with Gasteiger partial charge in [-0.2, -0.15) is 0 Å². The van der Waals surface area contributed by atoms with E-state index in [1.54, 1.807) is 6.33 Å². The van der Waals surface area contributed by atoms with Crippen LogP contribution in [0.25, 0.3) is 5.69 Å². The zero-order chi connectivity index (χ0) is 21.3. The molecule has 158 valence electrons. The average Bonchev–Trinajstić information content (AvgIpc) is 3.24. The second-order valence-corrected chi connectivity index (χ2v) is 8.08. The van der Waals surface area contributed by atoms with Crippen LogP contribution >= 0.6 is 23.4 Å². The number of rotatable bonds is 10. The van der Waals surface area contributed by atoms with Gasteiger partial charge in [-0.1, -0.05) is 73.6 Å². The molecule has 1 aromatic heterocycles. The van der Waals surface area contributed by atoms with E-state index in [1.807, 2.05) is 47.0 Å². The molecule has 0 saturated heterocycles. The molecular formula is C22H26ClN5OS. The predicted octanol–water partition coefficient (Wildman–Crippen LogP) is 4.21. The van der Waals surface area contributed by atoms with Crippen LogP contribution < -0.4 is 5.32 Å². The van der Waals surface area contributed by atoms with E-state index in [1.165, 1.54) is 17.3 Å². The van der Waals surface area contributed by atoms with Gasteiger partial charge in [0.2, 0.25) is 5.91 Å². The first-order chi connectivity index (χ1) is 14.6. The number of benzene rings is 2. The Bertz CT molecular complexity index is 945. The van der Waals surface area contributed by atoms with E-state index in [-0.39, 0.29) is 17.7 Å². The van der Waals surface area contributed by atoms with Crippen LogP contribution in [0.4, 0.5) is 0 Å². The Labute approximate surface area is 186 Å². The van der Waals surface area contributed by atoms with Crippen molar-refractivity contribution >= 4 is 29.3 Å². The average molecular weight is 444 g/mol. The number of amides is 1. The van der Waals surface area contributed by atoms with E-state index in [4.69, 9.17) is 11.6 Å². The van der Waals surface area contributed by atoms with E-state index >= 15 is 0 Å². The molecule has 1 atom stereocenters. The minimum absolute atomic E-state index is 0.0336. The van der Waals surface area contributed by atoms with Crippen molar-refractivity contribution in [2.45, 2.75) is 25.0 Å². The number of hydrogen-bond donors (Lipinski definition) is 1. The van der Waals surface area contributed by atoms with Gasteiger partial charge in [0, 0.05) is 11.6 Å². The molecule has 1 unspecified atom stereocenters. The highest BCUT2D eigenvalue weighted by Crippen LogP contribution is 2.22. The molecule has 1 amide bonds. The van der Waals surface area contributed by atoms with Crippen molar-refractivity contribution in [2.24, 2.45) is 0 Å². The van der Waals surface area contributed by atoms with Gasteiger partial charge < -0.3 is 5.32 Å². The fourth-order valence-corrected chi connectivity index (χ4v) is 4.26. The van der Waals surface area contributed by atoms with Crippen molar-refractivity contribution in [3.8, 4) is 5.69 Å². The van der Waals surface area contributed by atoms with Crippen molar-refractivity contribution in [2.75, 3.05) is 25.4 Å². The zero-order valence-corrected chi connectivity index (χ0v) is 18.7. The highest BCUT2D eigenvalue weighted by Gasteiger charge is 2.19. The van der Waals surface area contributed by atoms with Crippen LogP contribution in [0.2, 0.25) is 5.02 Å². The second kappa shape index (κ2) is 11.2. The molecule has 0 aliphatic heterocycles. The lowest BCUT2D eigenvalue weighted by Gasteiger charge is -2.30. The lowest BCUT2D eigenvalue weighted by molar-refractivity contribution is -0.118. The number of likely N-dealkylation sites (N-methyl/N-ethyl adjacent to an activating group) is 1. The molecule has 0 spiro atoms. The molecule has 0 aliphatic carbocycles. The van der Waals surface area contributed by atoms with Crippen molar-refractivity contribution < 1.29 is 4.79 Å². The SMILES string of the molecule is CCN(CC)C(CNC(=O)CSc1nncn1-c1cccc(Cl)c1)c1ccccc1. The van der Waals surface area contributed by atoms with E-state index in [0.29, 0.717) is 16.7 Å². The maximum Gasteiger partial charge on any atom is 0.230 e. The summed E-state index contributed by atoms with van der Waals surface area (Å²) < 4.78 is 1.83. The lowest BCUT2D eigenvalue weighted by atomic mass is 10.1. The Morgan fingerprint density at radius 2 is 1.93 bits per heavy atom. The first-order valence-electron chi connectivity index (χ1n) is 9.96. The Morgan fingerprint density at radius 1 is 1.17 bits per heavy atom. The summed E-state index contributed by atoms with van der Waals surface area (Å²) in [5, 5.41) is 12.5. The van der Waals surface area contributed by atoms with Crippen molar-refractivity contribution in [1.29, 1.82) is 0 Å². The van der Waals surface area contributed by atoms with Crippen LogP contribution in [0.3, 0.4) is 0 Å². The van der Waals surface area contributed by atoms with Gasteiger partial charge in [0.1, 0.15) is 6.33 Å². The number of carbonyl (C=O) groups is 1.